The van der Waals surface area contributed by atoms with Crippen LogP contribution >= 0.6 is 18.8 Å². The van der Waals surface area contributed by atoms with Gasteiger partial charge in [0.2, 0.25) is 0 Å². The van der Waals surface area contributed by atoms with Crippen molar-refractivity contribution in [3.05, 3.63) is 12.7 Å². The van der Waals surface area contributed by atoms with E-state index < -0.39 is 22.5 Å². The molecule has 4 N–H and O–H groups in total. The van der Waals surface area contributed by atoms with Crippen molar-refractivity contribution in [1.29, 1.82) is 0 Å². The van der Waals surface area contributed by atoms with E-state index in [9.17, 15) is 4.79 Å². The summed E-state index contributed by atoms with van der Waals surface area (Å²) in [6.07, 6.45) is 5.04. The first-order valence-corrected chi connectivity index (χ1v) is 13.0. The van der Waals surface area contributed by atoms with Gasteiger partial charge in [-0.25, -0.2) is 0 Å². The van der Waals surface area contributed by atoms with Crippen LogP contribution in [-0.4, -0.2) is 40.5 Å². The van der Waals surface area contributed by atoms with Crippen LogP contribution < -0.4 is 0 Å². The fraction of sp³-hybridized carbons (Fsp3) is 0.867. The quantitative estimate of drug-likeness (QED) is 0.443. The molecule has 0 radical (unpaired) electrons. The van der Waals surface area contributed by atoms with Gasteiger partial charge in [0.05, 0.1) is 19.6 Å². The Balaban J connectivity index is -0.000000252. The van der Waals surface area contributed by atoms with Crippen molar-refractivity contribution in [2.24, 2.45) is 11.3 Å². The number of aliphatic hydroxyl groups excluding tert-OH is 2. The molecule has 0 aromatic heterocycles. The Labute approximate surface area is 157 Å². The molecule has 5 nitrogen and oxygen atoms in total. The second kappa shape index (κ2) is 18.9. The van der Waals surface area contributed by atoms with Crippen molar-refractivity contribution in [3.63, 3.8) is 0 Å². The summed E-state index contributed by atoms with van der Waals surface area (Å²) < 4.78 is 0. The van der Waals surface area contributed by atoms with E-state index in [1.54, 1.807) is 0 Å². The molecule has 144 valence electrons. The van der Waals surface area contributed by atoms with Gasteiger partial charge in [0, 0.05) is 0 Å². The van der Waals surface area contributed by atoms with E-state index in [2.05, 4.69) is 6.92 Å². The van der Waals surface area contributed by atoms with Crippen molar-refractivity contribution >= 4 is 24.8 Å². The number of hydrogen-bond donors (Lipinski definition) is 3. The molecule has 1 aliphatic rings. The third-order valence-electron chi connectivity index (χ3n) is 2.69. The summed E-state index contributed by atoms with van der Waals surface area (Å²) in [6, 6.07) is 0.142. The fourth-order valence-corrected chi connectivity index (χ4v) is 1.66. The van der Waals surface area contributed by atoms with Gasteiger partial charge in [0.25, 0.3) is 0 Å². The van der Waals surface area contributed by atoms with Crippen LogP contribution in [0.4, 0.5) is 0 Å². The molecule has 1 rings (SSSR count). The molecule has 1 aliphatic carbocycles. The fourth-order valence-electron chi connectivity index (χ4n) is 1.66. The summed E-state index contributed by atoms with van der Waals surface area (Å²) >= 11 is -0.472. The number of halogens is 2. The minimum atomic E-state index is -0.725. The van der Waals surface area contributed by atoms with E-state index in [0.717, 1.165) is 6.42 Å². The van der Waals surface area contributed by atoms with Gasteiger partial charge < -0.3 is 28.0 Å². The second-order valence-corrected chi connectivity index (χ2v) is 9.56. The monoisotopic (exact) mass is 554 g/mol. The van der Waals surface area contributed by atoms with Crippen molar-refractivity contribution < 1.29 is 36.6 Å². The van der Waals surface area contributed by atoms with Gasteiger partial charge >= 0.3 is 41.3 Å². The third kappa shape index (κ3) is 31.0. The molecule has 0 spiro atoms. The maximum atomic E-state index is 10.0. The topological polar surface area (TPSA) is 102 Å². The number of aliphatic hydroxyl groups is 2. The van der Waals surface area contributed by atoms with Crippen molar-refractivity contribution in [2.75, 3.05) is 13.2 Å². The van der Waals surface area contributed by atoms with Crippen LogP contribution in [0.3, 0.4) is 0 Å². The number of nitrogens with one attached hydrogen (secondary N) is 1. The Bertz CT molecular complexity index is 254. The number of hydrogen-bond acceptors (Lipinski definition) is 3. The summed E-state index contributed by atoms with van der Waals surface area (Å²) in [5.74, 6) is -0.304. The van der Waals surface area contributed by atoms with Crippen LogP contribution in [0.1, 0.15) is 52.9 Å². The molecule has 0 aromatic carbocycles. The van der Waals surface area contributed by atoms with Crippen LogP contribution in [0, 0.1) is 18.3 Å². The third-order valence-corrected chi connectivity index (χ3v) is 2.69. The zero-order valence-electron chi connectivity index (χ0n) is 14.1. The summed E-state index contributed by atoms with van der Waals surface area (Å²) in [5.41, 5.74) is 7.34. The first-order valence-electron chi connectivity index (χ1n) is 7.35. The van der Waals surface area contributed by atoms with E-state index in [4.69, 9.17) is 39.9 Å². The van der Waals surface area contributed by atoms with Crippen LogP contribution in [0.25, 0.3) is 5.73 Å². The van der Waals surface area contributed by atoms with Gasteiger partial charge in [-0.05, 0) is 5.41 Å². The molecule has 0 bridgehead atoms. The molecule has 1 saturated carbocycles. The number of aliphatic carboxylic acids is 1. The summed E-state index contributed by atoms with van der Waals surface area (Å²) in [7, 11) is 9.75. The van der Waals surface area contributed by atoms with Crippen LogP contribution in [0.5, 0.6) is 0 Å². The molecule has 23 heavy (non-hydrogen) atoms. The van der Waals surface area contributed by atoms with E-state index in [0.29, 0.717) is 5.92 Å². The Morgan fingerprint density at radius 2 is 1.61 bits per heavy atom. The van der Waals surface area contributed by atoms with Crippen molar-refractivity contribution in [3.8, 4) is 0 Å². The Kier molecular flexibility index (Phi) is 23.4. The van der Waals surface area contributed by atoms with Crippen LogP contribution in [0.15, 0.2) is 0 Å². The van der Waals surface area contributed by atoms with Crippen molar-refractivity contribution in [2.45, 2.75) is 58.9 Å². The molecule has 2 atom stereocenters. The predicted molar refractivity (Wildman–Crippen MR) is 93.0 cm³/mol. The van der Waals surface area contributed by atoms with E-state index in [1.165, 1.54) is 19.3 Å². The van der Waals surface area contributed by atoms with Crippen LogP contribution in [-0.2, 0) is 21.3 Å². The molecule has 0 amide bonds. The number of carboxylic acids is 1. The molecular weight excluding hydrogens is 524 g/mol. The molecule has 0 saturated heterocycles. The zero-order valence-corrected chi connectivity index (χ0v) is 17.9. The average Bonchev–Trinajstić information content (AvgIpc) is 2.41. The van der Waals surface area contributed by atoms with Gasteiger partial charge in [0.1, 0.15) is 0 Å². The van der Waals surface area contributed by atoms with Gasteiger partial charge in [-0.15, -0.1) is 0 Å². The molecular formula is C15H31Cl2NO4Pt. The summed E-state index contributed by atoms with van der Waals surface area (Å²) in [4.78, 5) is 10.0. The molecule has 1 fully saturated rings. The average molecular weight is 555 g/mol. The second-order valence-electron chi connectivity index (χ2n) is 6.27. The predicted octanol–water partition coefficient (Wildman–Crippen LogP) is 4.29. The van der Waals surface area contributed by atoms with Crippen molar-refractivity contribution in [1.82, 2.24) is 0 Å². The van der Waals surface area contributed by atoms with E-state index in [-0.39, 0.29) is 31.1 Å². The molecule has 0 unspecified atom stereocenters. The molecule has 0 aliphatic heterocycles. The van der Waals surface area contributed by atoms with Gasteiger partial charge in [-0.3, -0.25) is 4.79 Å². The van der Waals surface area contributed by atoms with E-state index in [1.807, 2.05) is 20.8 Å². The summed E-state index contributed by atoms with van der Waals surface area (Å²) in [6.45, 7) is 9.35. The van der Waals surface area contributed by atoms with Gasteiger partial charge in [-0.2, -0.15) is 12.0 Å². The normalized spacial score (nSPS) is 20.0. The Morgan fingerprint density at radius 1 is 1.22 bits per heavy atom. The number of carbonyl (C=O) groups is 1. The molecule has 8 heteroatoms. The number of rotatable bonds is 2. The summed E-state index contributed by atoms with van der Waals surface area (Å²) in [5, 5.41) is 23.5. The maximum absolute atomic E-state index is 10.0. The number of carboxylic acid groups (broad SMARTS) is 1. The van der Waals surface area contributed by atoms with Crippen LogP contribution in [0.2, 0.25) is 0 Å². The van der Waals surface area contributed by atoms with Gasteiger partial charge in [-0.1, -0.05) is 46.5 Å². The van der Waals surface area contributed by atoms with Gasteiger partial charge in [0.15, 0.2) is 0 Å². The minimum absolute atomic E-state index is 0.0775. The zero-order chi connectivity index (χ0) is 18.9. The molecule has 0 aromatic rings. The SMILES string of the molecule is CC(C)(C)CC(=O)O.OCCO.[CH2-][C@@H]1CCCC[C@H]1[NH-].[Cl][Pt+2][Cl]. The van der Waals surface area contributed by atoms with E-state index >= 15 is 0 Å². The molecule has 0 heterocycles. The first kappa shape index (κ1) is 28.4. The first-order chi connectivity index (χ1) is 10.5. The standard InChI is InChI=1S/C7H13N.C6H12O2.C2H6O2.2ClH.Pt/c1-6-4-2-3-5-7(6)8;1-6(2,3)4-5(7)8;3-1-2-4;;;/h6-8H,1-5H2;4H2,1-3H3,(H,7,8);3-4H,1-2H2;2*1H;/q-2;;;;;+4/p-2/t6-,7-;;;;;/m1...../s1. The Morgan fingerprint density at radius 3 is 1.74 bits per heavy atom. The Hall–Kier alpha value is 0.618.